The zero-order chi connectivity index (χ0) is 16.8. The fourth-order valence-corrected chi connectivity index (χ4v) is 2.41. The molecule has 0 radical (unpaired) electrons. The molecule has 118 valence electrons. The van der Waals surface area contributed by atoms with E-state index in [1.807, 2.05) is 30.3 Å². The monoisotopic (exact) mass is 310 g/mol. The second-order valence-corrected chi connectivity index (χ2v) is 5.29. The van der Waals surface area contributed by atoms with Crippen molar-refractivity contribution in [3.8, 4) is 0 Å². The maximum absolute atomic E-state index is 12.7. The molecule has 2 unspecified atom stereocenters. The second-order valence-electron chi connectivity index (χ2n) is 5.29. The lowest BCUT2D eigenvalue weighted by atomic mass is 9.86. The summed E-state index contributed by atoms with van der Waals surface area (Å²) in [5.74, 6) is -1.82. The molecule has 2 rings (SSSR count). The van der Waals surface area contributed by atoms with Crippen molar-refractivity contribution in [2.75, 3.05) is 0 Å². The summed E-state index contributed by atoms with van der Waals surface area (Å²) in [6.07, 6.45) is 1.69. The highest BCUT2D eigenvalue weighted by atomic mass is 16.4. The number of aliphatic hydroxyl groups is 1. The number of benzene rings is 2. The average Bonchev–Trinajstić information content (AvgIpc) is 2.54. The molecule has 0 spiro atoms. The minimum Gasteiger partial charge on any atom is -0.478 e. The standard InChI is InChI=1S/C19H18O4/c1-13(20)18(15-5-3-2-4-6-15)19(23)16-10-7-14(8-11-16)9-12-17(21)22/h2-13,18,20H,1H3,(H,21,22). The number of carboxylic acids is 1. The molecule has 0 heterocycles. The van der Waals surface area contributed by atoms with E-state index in [9.17, 15) is 14.7 Å². The lowest BCUT2D eigenvalue weighted by Gasteiger charge is -2.19. The van der Waals surface area contributed by atoms with Crippen molar-refractivity contribution in [3.63, 3.8) is 0 Å². The van der Waals surface area contributed by atoms with Crippen molar-refractivity contribution < 1.29 is 19.8 Å². The predicted molar refractivity (Wildman–Crippen MR) is 88.3 cm³/mol. The molecule has 2 atom stereocenters. The van der Waals surface area contributed by atoms with Gasteiger partial charge in [0.15, 0.2) is 5.78 Å². The summed E-state index contributed by atoms with van der Waals surface area (Å²) in [6.45, 7) is 1.60. The maximum atomic E-state index is 12.7. The third kappa shape index (κ3) is 4.37. The maximum Gasteiger partial charge on any atom is 0.328 e. The fraction of sp³-hybridized carbons (Fsp3) is 0.158. The van der Waals surface area contributed by atoms with Crippen LogP contribution >= 0.6 is 0 Å². The van der Waals surface area contributed by atoms with Crippen molar-refractivity contribution in [2.24, 2.45) is 0 Å². The molecule has 0 aliphatic rings. The summed E-state index contributed by atoms with van der Waals surface area (Å²) < 4.78 is 0. The predicted octanol–water partition coefficient (Wildman–Crippen LogP) is 3.13. The summed E-state index contributed by atoms with van der Waals surface area (Å²) in [6, 6.07) is 15.8. The molecule has 0 amide bonds. The molecular formula is C19H18O4. The first-order valence-corrected chi connectivity index (χ1v) is 7.27. The molecule has 0 saturated carbocycles. The SMILES string of the molecule is CC(O)C(C(=O)c1ccc(C=CC(=O)O)cc1)c1ccccc1. The van der Waals surface area contributed by atoms with Crippen LogP contribution in [0.15, 0.2) is 60.7 Å². The van der Waals surface area contributed by atoms with Crippen LogP contribution in [0.1, 0.15) is 34.3 Å². The summed E-state index contributed by atoms with van der Waals surface area (Å²) in [7, 11) is 0. The summed E-state index contributed by atoms with van der Waals surface area (Å²) in [5, 5.41) is 18.6. The van der Waals surface area contributed by atoms with E-state index < -0.39 is 18.0 Å². The number of aliphatic carboxylic acids is 1. The van der Waals surface area contributed by atoms with Gasteiger partial charge in [-0.3, -0.25) is 4.79 Å². The number of carboxylic acid groups (broad SMARTS) is 1. The highest BCUT2D eigenvalue weighted by Crippen LogP contribution is 2.25. The number of ketones is 1. The van der Waals surface area contributed by atoms with Gasteiger partial charge in [-0.2, -0.15) is 0 Å². The Labute approximate surface area is 134 Å². The van der Waals surface area contributed by atoms with Crippen molar-refractivity contribution >= 4 is 17.8 Å². The molecule has 4 nitrogen and oxygen atoms in total. The number of carbonyl (C=O) groups excluding carboxylic acids is 1. The first kappa shape index (κ1) is 16.6. The summed E-state index contributed by atoms with van der Waals surface area (Å²) >= 11 is 0. The number of hydrogen-bond donors (Lipinski definition) is 2. The molecule has 23 heavy (non-hydrogen) atoms. The molecule has 0 saturated heterocycles. The van der Waals surface area contributed by atoms with Crippen LogP contribution in [0.5, 0.6) is 0 Å². The van der Waals surface area contributed by atoms with Crippen molar-refractivity contribution in [3.05, 3.63) is 77.4 Å². The molecule has 0 aliphatic carbocycles. The van der Waals surface area contributed by atoms with E-state index >= 15 is 0 Å². The largest absolute Gasteiger partial charge is 0.478 e. The van der Waals surface area contributed by atoms with Gasteiger partial charge in [0.1, 0.15) is 0 Å². The highest BCUT2D eigenvalue weighted by molar-refractivity contribution is 6.01. The smallest absolute Gasteiger partial charge is 0.328 e. The zero-order valence-electron chi connectivity index (χ0n) is 12.7. The quantitative estimate of drug-likeness (QED) is 0.635. The van der Waals surface area contributed by atoms with E-state index in [1.54, 1.807) is 31.2 Å². The topological polar surface area (TPSA) is 74.6 Å². The van der Waals surface area contributed by atoms with E-state index in [0.29, 0.717) is 11.1 Å². The number of Topliss-reactive ketones (excluding diaryl/α,β-unsaturated/α-hetero) is 1. The molecule has 4 heteroatoms. The van der Waals surface area contributed by atoms with Gasteiger partial charge < -0.3 is 10.2 Å². The molecule has 0 bridgehead atoms. The molecule has 2 aromatic rings. The van der Waals surface area contributed by atoms with E-state index in [4.69, 9.17) is 5.11 Å². The zero-order valence-corrected chi connectivity index (χ0v) is 12.7. The van der Waals surface area contributed by atoms with Crippen molar-refractivity contribution in [1.82, 2.24) is 0 Å². The van der Waals surface area contributed by atoms with Crippen LogP contribution in [0, 0.1) is 0 Å². The molecule has 0 aromatic heterocycles. The van der Waals surface area contributed by atoms with E-state index in [2.05, 4.69) is 0 Å². The van der Waals surface area contributed by atoms with Gasteiger partial charge in [-0.05, 0) is 24.1 Å². The number of aliphatic hydroxyl groups excluding tert-OH is 1. The lowest BCUT2D eigenvalue weighted by Crippen LogP contribution is -2.24. The van der Waals surface area contributed by atoms with Gasteiger partial charge in [0.25, 0.3) is 0 Å². The molecule has 2 aromatic carbocycles. The van der Waals surface area contributed by atoms with Crippen molar-refractivity contribution in [2.45, 2.75) is 18.9 Å². The first-order chi connectivity index (χ1) is 11.0. The van der Waals surface area contributed by atoms with Crippen LogP contribution in [0.2, 0.25) is 0 Å². The Morgan fingerprint density at radius 3 is 2.13 bits per heavy atom. The molecule has 2 N–H and O–H groups in total. The van der Waals surface area contributed by atoms with Crippen LogP contribution in [-0.2, 0) is 4.79 Å². The minimum atomic E-state index is -1.02. The fourth-order valence-electron chi connectivity index (χ4n) is 2.41. The number of rotatable bonds is 6. The van der Waals surface area contributed by atoms with Gasteiger partial charge in [0.2, 0.25) is 0 Å². The van der Waals surface area contributed by atoms with Crippen LogP contribution < -0.4 is 0 Å². The molecule has 0 fully saturated rings. The van der Waals surface area contributed by atoms with E-state index in [-0.39, 0.29) is 5.78 Å². The Kier molecular flexibility index (Phi) is 5.44. The second kappa shape index (κ2) is 7.51. The number of carbonyl (C=O) groups is 2. The molecule has 0 aliphatic heterocycles. The van der Waals surface area contributed by atoms with Crippen LogP contribution in [0.3, 0.4) is 0 Å². The Bertz CT molecular complexity index is 700. The van der Waals surface area contributed by atoms with Crippen LogP contribution in [0.4, 0.5) is 0 Å². The Morgan fingerprint density at radius 1 is 1.00 bits per heavy atom. The third-order valence-electron chi connectivity index (χ3n) is 3.54. The van der Waals surface area contributed by atoms with E-state index in [1.165, 1.54) is 6.08 Å². The summed E-state index contributed by atoms with van der Waals surface area (Å²) in [4.78, 5) is 23.2. The minimum absolute atomic E-state index is 0.167. The highest BCUT2D eigenvalue weighted by Gasteiger charge is 2.26. The van der Waals surface area contributed by atoms with Gasteiger partial charge in [0.05, 0.1) is 12.0 Å². The van der Waals surface area contributed by atoms with Gasteiger partial charge >= 0.3 is 5.97 Å². The average molecular weight is 310 g/mol. The first-order valence-electron chi connectivity index (χ1n) is 7.27. The number of hydrogen-bond acceptors (Lipinski definition) is 3. The van der Waals surface area contributed by atoms with Crippen LogP contribution in [-0.4, -0.2) is 28.1 Å². The Morgan fingerprint density at radius 2 is 1.61 bits per heavy atom. The summed E-state index contributed by atoms with van der Waals surface area (Å²) in [5.41, 5.74) is 1.94. The van der Waals surface area contributed by atoms with Gasteiger partial charge in [-0.1, -0.05) is 54.6 Å². The van der Waals surface area contributed by atoms with Gasteiger partial charge in [-0.25, -0.2) is 4.79 Å². The van der Waals surface area contributed by atoms with Crippen molar-refractivity contribution in [1.29, 1.82) is 0 Å². The van der Waals surface area contributed by atoms with Gasteiger partial charge in [0, 0.05) is 11.6 Å². The van der Waals surface area contributed by atoms with Gasteiger partial charge in [-0.15, -0.1) is 0 Å². The Hall–Kier alpha value is -2.72. The molecular weight excluding hydrogens is 292 g/mol. The lowest BCUT2D eigenvalue weighted by molar-refractivity contribution is -0.131. The Balaban J connectivity index is 2.25. The van der Waals surface area contributed by atoms with E-state index in [0.717, 1.165) is 11.6 Å². The normalized spacial score (nSPS) is 13.7. The third-order valence-corrected chi connectivity index (χ3v) is 3.54. The van der Waals surface area contributed by atoms with Crippen LogP contribution in [0.25, 0.3) is 6.08 Å².